The van der Waals surface area contributed by atoms with Gasteiger partial charge in [-0.2, -0.15) is 4.98 Å². The quantitative estimate of drug-likeness (QED) is 0.291. The summed E-state index contributed by atoms with van der Waals surface area (Å²) in [6, 6.07) is 6.77. The monoisotopic (exact) mass is 657 g/mol. The average Bonchev–Trinajstić information content (AvgIpc) is 3.01. The second kappa shape index (κ2) is 13.9. The molecule has 0 unspecified atom stereocenters. The van der Waals surface area contributed by atoms with Crippen molar-refractivity contribution in [2.24, 2.45) is 0 Å². The molecule has 2 aromatic carbocycles. The van der Waals surface area contributed by atoms with E-state index in [1.807, 2.05) is 25.1 Å². The number of nitrogens with zero attached hydrogens (tertiary/aromatic N) is 6. The summed E-state index contributed by atoms with van der Waals surface area (Å²) >= 11 is 13.5. The number of urea groups is 1. The third-order valence-electron chi connectivity index (χ3n) is 7.61. The number of benzene rings is 2. The lowest BCUT2D eigenvalue weighted by atomic mass is 10.0. The van der Waals surface area contributed by atoms with Crippen molar-refractivity contribution in [2.75, 3.05) is 63.1 Å². The number of amides is 3. The lowest BCUT2D eigenvalue weighted by Gasteiger charge is -2.43. The van der Waals surface area contributed by atoms with Crippen LogP contribution in [-0.2, 0) is 11.3 Å². The number of carbonyl (C=O) groups excluding carboxylic acids is 2. The number of anilines is 4. The highest BCUT2D eigenvalue weighted by Crippen LogP contribution is 2.48. The number of nitrogens with one attached hydrogen (secondary N) is 1. The molecule has 0 bridgehead atoms. The molecule has 3 amide bonds. The summed E-state index contributed by atoms with van der Waals surface area (Å²) in [5.41, 5.74) is 1.33. The van der Waals surface area contributed by atoms with Crippen molar-refractivity contribution in [3.8, 4) is 11.5 Å². The molecule has 2 aliphatic heterocycles. The molecule has 45 heavy (non-hydrogen) atoms. The summed E-state index contributed by atoms with van der Waals surface area (Å²) in [4.78, 5) is 43.3. The van der Waals surface area contributed by atoms with Gasteiger partial charge in [0.15, 0.2) is 0 Å². The molecule has 0 spiro atoms. The third-order valence-corrected chi connectivity index (χ3v) is 8.34. The fraction of sp³-hybridized carbons (Fsp3) is 0.355. The van der Waals surface area contributed by atoms with Crippen molar-refractivity contribution < 1.29 is 23.5 Å². The smallest absolute Gasteiger partial charge is 0.330 e. The Kier molecular flexibility index (Phi) is 9.96. The van der Waals surface area contributed by atoms with Gasteiger partial charge in [0.1, 0.15) is 33.2 Å². The summed E-state index contributed by atoms with van der Waals surface area (Å²) in [6.07, 6.45) is 6.04. The van der Waals surface area contributed by atoms with E-state index in [1.54, 1.807) is 40.3 Å². The average molecular weight is 659 g/mol. The molecule has 3 heterocycles. The van der Waals surface area contributed by atoms with E-state index < -0.39 is 11.8 Å². The van der Waals surface area contributed by atoms with Gasteiger partial charge in [-0.1, -0.05) is 35.3 Å². The van der Waals surface area contributed by atoms with Crippen LogP contribution in [0.5, 0.6) is 11.5 Å². The van der Waals surface area contributed by atoms with E-state index in [2.05, 4.69) is 10.3 Å². The molecule has 3 aromatic rings. The van der Waals surface area contributed by atoms with Gasteiger partial charge >= 0.3 is 6.03 Å². The molecule has 2 aliphatic rings. The maximum Gasteiger partial charge on any atom is 0.330 e. The van der Waals surface area contributed by atoms with E-state index in [4.69, 9.17) is 37.7 Å². The highest BCUT2D eigenvalue weighted by atomic mass is 35.5. The minimum atomic E-state index is -0.411. The second-order valence-electron chi connectivity index (χ2n) is 10.9. The zero-order valence-electron chi connectivity index (χ0n) is 25.4. The van der Waals surface area contributed by atoms with Gasteiger partial charge in [0.2, 0.25) is 11.9 Å². The first-order chi connectivity index (χ1) is 21.6. The Morgan fingerprint density at radius 3 is 2.44 bits per heavy atom. The van der Waals surface area contributed by atoms with E-state index in [0.717, 1.165) is 0 Å². The van der Waals surface area contributed by atoms with Crippen molar-refractivity contribution >= 4 is 58.3 Å². The number of rotatable bonds is 9. The number of halogens is 3. The first kappa shape index (κ1) is 32.3. The van der Waals surface area contributed by atoms with Crippen LogP contribution in [0.25, 0.3) is 0 Å². The van der Waals surface area contributed by atoms with Gasteiger partial charge in [0.25, 0.3) is 0 Å². The number of likely N-dealkylation sites (N-methyl/N-ethyl adjacent to an activating group) is 1. The van der Waals surface area contributed by atoms with E-state index in [0.29, 0.717) is 49.5 Å². The summed E-state index contributed by atoms with van der Waals surface area (Å²) in [6.45, 7) is 1.61. The van der Waals surface area contributed by atoms with Crippen molar-refractivity contribution in [3.63, 3.8) is 0 Å². The predicted octanol–water partition coefficient (Wildman–Crippen LogP) is 5.74. The molecule has 5 rings (SSSR count). The van der Waals surface area contributed by atoms with Gasteiger partial charge in [-0.05, 0) is 45.1 Å². The largest absolute Gasteiger partial charge is 0.495 e. The predicted molar refractivity (Wildman–Crippen MR) is 173 cm³/mol. The van der Waals surface area contributed by atoms with E-state index >= 15 is 0 Å². The van der Waals surface area contributed by atoms with Crippen LogP contribution in [-0.4, -0.2) is 85.7 Å². The molecule has 1 N–H and O–H groups in total. The lowest BCUT2D eigenvalue weighted by molar-refractivity contribution is -0.127. The molecule has 0 radical (unpaired) electrons. The van der Waals surface area contributed by atoms with Crippen LogP contribution in [0.2, 0.25) is 10.0 Å². The maximum atomic E-state index is 14.5. The Bertz CT molecular complexity index is 1590. The van der Waals surface area contributed by atoms with Crippen LogP contribution in [0.3, 0.4) is 0 Å². The molecule has 1 saturated heterocycles. The molecule has 0 atom stereocenters. The number of likely N-dealkylation sites (tertiary alicyclic amines) is 1. The molecular formula is C31H34Cl2FN7O4. The van der Waals surface area contributed by atoms with Crippen LogP contribution in [0.15, 0.2) is 48.7 Å². The highest BCUT2D eigenvalue weighted by molar-refractivity contribution is 6.42. The van der Waals surface area contributed by atoms with Crippen molar-refractivity contribution in [1.29, 1.82) is 0 Å². The minimum absolute atomic E-state index is 0.0642. The number of piperidine rings is 1. The maximum absolute atomic E-state index is 14.5. The number of fused-ring (bicyclic) bond motifs is 1. The number of ether oxygens (including phenoxy) is 2. The minimum Gasteiger partial charge on any atom is -0.495 e. The SMILES string of the molecule is COc1cc(OC)c(Cl)c(N2Cc3cnc(Nc4cccc(F)c4)nc3N(C3CCN(C(=O)C=CCN(C)C)CC3)C2=O)c1Cl. The van der Waals surface area contributed by atoms with Crippen LogP contribution in [0.1, 0.15) is 18.4 Å². The third kappa shape index (κ3) is 6.92. The van der Waals surface area contributed by atoms with Gasteiger partial charge in [-0.25, -0.2) is 14.2 Å². The van der Waals surface area contributed by atoms with Gasteiger partial charge in [0.05, 0.1) is 26.5 Å². The molecule has 1 aromatic heterocycles. The summed E-state index contributed by atoms with van der Waals surface area (Å²) < 4.78 is 24.8. The fourth-order valence-electron chi connectivity index (χ4n) is 5.36. The molecule has 14 heteroatoms. The molecule has 1 fully saturated rings. The van der Waals surface area contributed by atoms with Crippen LogP contribution >= 0.6 is 23.2 Å². The second-order valence-corrected chi connectivity index (χ2v) is 11.7. The zero-order chi connectivity index (χ0) is 32.2. The topological polar surface area (TPSA) is 103 Å². The van der Waals surface area contributed by atoms with Crippen molar-refractivity contribution in [1.82, 2.24) is 19.8 Å². The molecule has 0 saturated carbocycles. The number of carbonyl (C=O) groups is 2. The Morgan fingerprint density at radius 1 is 1.13 bits per heavy atom. The van der Waals surface area contributed by atoms with Crippen LogP contribution in [0.4, 0.5) is 32.3 Å². The van der Waals surface area contributed by atoms with Crippen LogP contribution in [0, 0.1) is 5.82 Å². The van der Waals surface area contributed by atoms with Crippen LogP contribution < -0.4 is 24.6 Å². The highest BCUT2D eigenvalue weighted by Gasteiger charge is 2.41. The molecule has 11 nitrogen and oxygen atoms in total. The Labute approximate surface area is 271 Å². The zero-order valence-corrected chi connectivity index (χ0v) is 26.9. The Balaban J connectivity index is 1.50. The van der Waals surface area contributed by atoms with Gasteiger partial charge in [-0.15, -0.1) is 0 Å². The number of aromatic nitrogens is 2. The summed E-state index contributed by atoms with van der Waals surface area (Å²) in [5.74, 6) is 0.696. The Hall–Kier alpha value is -4.13. The Morgan fingerprint density at radius 2 is 1.82 bits per heavy atom. The molecular weight excluding hydrogens is 624 g/mol. The van der Waals surface area contributed by atoms with E-state index in [9.17, 15) is 14.0 Å². The van der Waals surface area contributed by atoms with E-state index in [-0.39, 0.29) is 51.7 Å². The first-order valence-electron chi connectivity index (χ1n) is 14.3. The first-order valence-corrected chi connectivity index (χ1v) is 15.1. The number of methoxy groups -OCH3 is 2. The normalized spacial score (nSPS) is 15.6. The number of hydrogen-bond acceptors (Lipinski definition) is 8. The summed E-state index contributed by atoms with van der Waals surface area (Å²) in [5, 5.41) is 3.32. The van der Waals surface area contributed by atoms with E-state index in [1.165, 1.54) is 31.3 Å². The fourth-order valence-corrected chi connectivity index (χ4v) is 6.06. The van der Waals surface area contributed by atoms with Crippen molar-refractivity contribution in [3.05, 3.63) is 70.1 Å². The standard InChI is InChI=1S/C31H34Cl2FN7O4/c1-38(2)12-6-9-25(42)39-13-10-22(11-14-39)41-29-19(17-35-30(37-29)36-21-8-5-7-20(34)15-21)18-40(31(41)43)28-26(32)23(44-3)16-24(45-4)27(28)33/h5-9,15-17,22H,10-14,18H2,1-4H3,(H,35,36,37). The van der Waals surface area contributed by atoms with Crippen molar-refractivity contribution in [2.45, 2.75) is 25.4 Å². The van der Waals surface area contributed by atoms with Gasteiger partial charge < -0.3 is 24.6 Å². The lowest BCUT2D eigenvalue weighted by Crippen LogP contribution is -2.55. The molecule has 238 valence electrons. The number of hydrogen-bond donors (Lipinski definition) is 1. The molecule has 0 aliphatic carbocycles. The summed E-state index contributed by atoms with van der Waals surface area (Å²) in [7, 11) is 6.79. The van der Waals surface area contributed by atoms with Gasteiger partial charge in [0, 0.05) is 55.3 Å². The van der Waals surface area contributed by atoms with Gasteiger partial charge in [-0.3, -0.25) is 14.6 Å².